The molecule has 2 aromatic carbocycles. The average molecular weight is 2290 g/mol. The van der Waals surface area contributed by atoms with Crippen LogP contribution in [0, 0.1) is 76.4 Å². The third-order valence-corrected chi connectivity index (χ3v) is 55.6. The maximum Gasteiger partial charge on any atom is 1.00 e. The molecule has 0 spiro atoms. The number of aliphatic hydroxyl groups excluding tert-OH is 5. The molecule has 4 amide bonds. The van der Waals surface area contributed by atoms with Crippen LogP contribution in [0.4, 0.5) is 4.79 Å². The van der Waals surface area contributed by atoms with E-state index in [0.717, 1.165) is 96.2 Å². The van der Waals surface area contributed by atoms with Crippen molar-refractivity contribution in [2.45, 2.75) is 409 Å². The molecule has 12 N–H and O–H groups in total. The van der Waals surface area contributed by atoms with E-state index >= 15 is 0 Å². The molecular weight excluding hydrogens is 2080 g/mol. The summed E-state index contributed by atoms with van der Waals surface area (Å²) >= 11 is 4.75. The van der Waals surface area contributed by atoms with Gasteiger partial charge in [0, 0.05) is 75.7 Å². The number of aliphatic hydroxyl groups is 5. The zero-order chi connectivity index (χ0) is 106. The van der Waals surface area contributed by atoms with Crippen molar-refractivity contribution in [1.29, 1.82) is 5.26 Å². The van der Waals surface area contributed by atoms with E-state index in [0.29, 0.717) is 80.9 Å². The number of nitrogens with two attached hydrogens (primary N) is 1. The van der Waals surface area contributed by atoms with Gasteiger partial charge in [-0.1, -0.05) is 163 Å². The number of hydrogen-bond acceptors (Lipinski definition) is 25. The predicted molar refractivity (Wildman–Crippen MR) is 608 cm³/mol. The average Bonchev–Trinajstić information content (AvgIpc) is 1.66. The number of nitriles is 1. The van der Waals surface area contributed by atoms with Crippen LogP contribution in [-0.4, -0.2) is 266 Å². The van der Waals surface area contributed by atoms with Crippen molar-refractivity contribution in [2.24, 2.45) is 70.8 Å². The van der Waals surface area contributed by atoms with E-state index in [1.165, 1.54) is 52.1 Å². The number of hydrogen-bond donors (Lipinski definition) is 10. The van der Waals surface area contributed by atoms with Crippen LogP contribution in [0.15, 0.2) is 72.3 Å². The minimum atomic E-state index is -1.89. The maximum absolute atomic E-state index is 12.1. The van der Waals surface area contributed by atoms with Gasteiger partial charge in [-0.2, -0.15) is 12.4 Å². The molecule has 1 saturated heterocycles. The number of nitrogens with zero attached hydrogens (tertiary/aromatic N) is 1. The Balaban J connectivity index is -0.000000188. The molecule has 3 radical (unpaired) electrons. The second kappa shape index (κ2) is 75.5. The molecule has 147 heavy (non-hydrogen) atoms. The Hall–Kier alpha value is -2.51. The number of fused-ring (bicyclic) bond motifs is 2. The molecule has 8 aliphatic rings. The number of halogens is 2. The molecule has 1 heterocycles. The van der Waals surface area contributed by atoms with E-state index in [2.05, 4.69) is 232 Å². The summed E-state index contributed by atoms with van der Waals surface area (Å²) in [4.78, 5) is 80.2. The van der Waals surface area contributed by atoms with E-state index in [-0.39, 0.29) is 276 Å². The number of alkyl halides is 1. The first-order chi connectivity index (χ1) is 63.7. The first-order valence-corrected chi connectivity index (χ1v) is 66.7. The normalized spacial score (nSPS) is 25.5. The molecule has 40 heteroatoms. The number of nitrogens with one attached hydrogen (secondary N) is 4. The SMILES string of the molecule is C.C.C.C.CC(=O)N[C@@H]1CC(CO[Si](C)(C)C(C)(C)C)=C[C@@H]1O.CC(=O)N[C@@H]1C[C@@H](CO[Si](C)(C)C(C)(C)C)C[C@@H]1O.CC(=O)N[C@@H]1C[C@H](CO[Si](C)(C)C(C)(C)C)[C@@H]([Se]c2ccccc2)[C@@H]1OC(C)=O.CC(C)(C)[Si](C)(C)OC[C@@H]1C[C@@H](N)[C@@H](O)C1.CC(C)(C)[Si](C)(C)OC[C@H]1C[C@@H](C#N)[C@H](NC(=O)OCc2ccccc2)C1.CCl.CO.COC(=O)[C@@H]1C[C@H](CO)C[C@H]1C.C[C@@H]1C[C@H]2COC(=O)[C@@H]1C2.C[O-].Cl.[B].[HH].[Na+].[Na+].[OH-]. The van der Waals surface area contributed by atoms with Crippen molar-refractivity contribution in [2.75, 3.05) is 74.0 Å². The summed E-state index contributed by atoms with van der Waals surface area (Å²) in [6, 6.07) is 21.6. The number of amides is 4. The molecule has 849 valence electrons. The smallest absolute Gasteiger partial charge is 0.870 e. The van der Waals surface area contributed by atoms with Crippen LogP contribution in [0.25, 0.3) is 0 Å². The summed E-state index contributed by atoms with van der Waals surface area (Å²) in [7, 11) is -5.64. The van der Waals surface area contributed by atoms with Gasteiger partial charge in [0.2, 0.25) is 11.8 Å². The minimum Gasteiger partial charge on any atom is -0.870 e. The number of ether oxygens (including phenoxy) is 4. The Morgan fingerprint density at radius 3 is 1.35 bits per heavy atom. The summed E-state index contributed by atoms with van der Waals surface area (Å²) in [5.74, 6) is 2.62. The number of esters is 3. The largest absolute Gasteiger partial charge is 1.00 e. The van der Waals surface area contributed by atoms with Crippen molar-refractivity contribution in [1.82, 2.24) is 21.3 Å². The van der Waals surface area contributed by atoms with Crippen LogP contribution in [0.3, 0.4) is 0 Å². The Bertz CT molecular complexity index is 4010. The van der Waals surface area contributed by atoms with Crippen molar-refractivity contribution in [3.63, 3.8) is 0 Å². The van der Waals surface area contributed by atoms with Gasteiger partial charge >= 0.3 is 260 Å². The second-order valence-electron chi connectivity index (χ2n) is 46.3. The zero-order valence-electron chi connectivity index (χ0n) is 94.5. The van der Waals surface area contributed by atoms with Gasteiger partial charge in [0.1, 0.15) is 6.61 Å². The van der Waals surface area contributed by atoms with Crippen molar-refractivity contribution in [3.8, 4) is 6.07 Å². The van der Waals surface area contributed by atoms with E-state index in [4.69, 9.17) is 57.4 Å². The monoisotopic (exact) mass is 2290 g/mol. The molecule has 2 bridgehead atoms. The molecule has 0 unspecified atom stereocenters. The van der Waals surface area contributed by atoms with Crippen LogP contribution in [0.2, 0.25) is 95.5 Å². The van der Waals surface area contributed by atoms with Crippen LogP contribution in [0.5, 0.6) is 0 Å². The number of benzene rings is 2. The van der Waals surface area contributed by atoms with Gasteiger partial charge in [0.25, 0.3) is 0 Å². The van der Waals surface area contributed by atoms with Crippen LogP contribution in [-0.2, 0) is 76.5 Å². The van der Waals surface area contributed by atoms with Crippen LogP contribution < -0.4 is 95.7 Å². The molecule has 29 nitrogen and oxygen atoms in total. The number of cyclic esters (lactones) is 1. The van der Waals surface area contributed by atoms with Crippen molar-refractivity contribution < 1.29 is 171 Å². The minimum absolute atomic E-state index is 0. The number of rotatable bonds is 26. The quantitative estimate of drug-likeness (QED) is 0.0137. The molecule has 7 aliphatic carbocycles. The fourth-order valence-electron chi connectivity index (χ4n) is 16.4. The Labute approximate surface area is 962 Å². The van der Waals surface area contributed by atoms with Gasteiger partial charge in [-0.05, 0) is 196 Å². The molecule has 6 saturated carbocycles. The number of methoxy groups -OCH3 is 1. The summed E-state index contributed by atoms with van der Waals surface area (Å²) < 4.78 is 53.3. The van der Waals surface area contributed by atoms with E-state index in [1.807, 2.05) is 61.5 Å². The van der Waals surface area contributed by atoms with Gasteiger partial charge in [0.15, 0.2) is 33.3 Å². The van der Waals surface area contributed by atoms with Crippen molar-refractivity contribution >= 4 is 135 Å². The number of carbonyl (C=O) groups is 7. The van der Waals surface area contributed by atoms with Gasteiger partial charge in [-0.25, -0.2) is 4.79 Å². The Morgan fingerprint density at radius 1 is 0.544 bits per heavy atom. The summed E-state index contributed by atoms with van der Waals surface area (Å²) in [5, 5.41) is 75.4. The standard InChI is InChI=1S/C22H35NO4SeSi.C21H32N2O3Si.C14H29NO3Si.C14H27NO3Si.C12H27NO2Si.C9H16O3.C8H12O2.CH3Cl.CH4O.CH3O.4CH4.B.ClH.2Na.H2O.H2/c1-15(24)23-19-13-17(14-26-29(6,7)22(3,4)5)21(20(19)27-16(2)25)28-18-11-9-8-10-12-18;1-21(2,3)27(4,5)26-15-17-11-18(13-22)19(12-17)23-20(24)25-14-16-9-7-6-8-10-16;2*1-10(16)15-12-7-11(8-13(12)17)9-18-19(5,6)14(2,3)4;1-12(2,3)16(4,5)15-8-9-6-10(13)11(14)7-9;1-6-3-7(5-10)4-8(6)9(11)12-2;1-5-2-6-3-7(5)8(9)10-4-6;3*1-2;;;;;;;;;;/h8-12,17,19-21H,13-14H2,1-7H3,(H,23,24);6-10,17-19H,11-12,14-15H2,1-5H3,(H,23,24);11-13,17H,7-9H2,1-6H3,(H,15,16);8,12-13,17H,7,9H2,1-6H3,(H,15,16);9-11,14H,6-8,13H2,1-5H3;6-8,10H,3-5H2,1-2H3;5-7H,2-4H2,1H3;1H3;2H,1H3;1H3;4*1H4;;1H;;;1H2;1H/q;;;;;;;;;-1;;;;;;;2*+1;;/p-1/t17-,19-,20-,21-;17-,18-,19+;11-,12-,13+;12-,13+;9-,10-,11+;6-,7-,8-;5-,6-,7-;;;;;;;;;;;;;/m1011111............./s1. The molecule has 1 aliphatic heterocycles. The van der Waals surface area contributed by atoms with Gasteiger partial charge in [-0.3, -0.25) is 19.2 Å². The molecule has 7 fully saturated rings. The first-order valence-electron chi connectivity index (χ1n) is 49.5. The zero-order valence-corrected chi connectivity index (χ0v) is 107. The third kappa shape index (κ3) is 57.0. The van der Waals surface area contributed by atoms with E-state index in [9.17, 15) is 54.1 Å². The number of carbonyl (C=O) groups excluding carboxylic acids is 7. The Morgan fingerprint density at radius 2 is 0.952 bits per heavy atom. The molecule has 10 rings (SSSR count). The van der Waals surface area contributed by atoms with Gasteiger partial charge in [0.05, 0.1) is 74.5 Å². The molecular formula is C107H208BCl2N6Na2O23SeSi5. The van der Waals surface area contributed by atoms with Gasteiger partial charge in [-0.15, -0.1) is 24.0 Å². The fourth-order valence-corrected chi connectivity index (χ4v) is 24.6. The second-order valence-corrected chi connectivity index (χ2v) is 72.9. The van der Waals surface area contributed by atoms with Crippen LogP contribution in [0.1, 0.15) is 259 Å². The topological polar surface area (TPSA) is 455 Å². The molecule has 21 atom stereocenters. The van der Waals surface area contributed by atoms with Gasteiger partial charge < -0.3 is 89.7 Å². The predicted octanol–water partition coefficient (Wildman–Crippen LogP) is 12.9. The van der Waals surface area contributed by atoms with E-state index in [1.54, 1.807) is 0 Å². The summed E-state index contributed by atoms with van der Waals surface area (Å²) in [6.45, 7) is 70.4. The molecule has 0 aromatic heterocycles. The number of alkyl carbamates (subject to hydrolysis) is 1. The third-order valence-electron chi connectivity index (χ3n) is 30.0. The summed E-state index contributed by atoms with van der Waals surface area (Å²) in [5.41, 5.74) is 7.82. The van der Waals surface area contributed by atoms with E-state index < -0.39 is 59.9 Å². The molecule has 2 aromatic rings. The summed E-state index contributed by atoms with van der Waals surface area (Å²) in [6.07, 6.45) is 11.3. The fraction of sp³-hybridized carbons (Fsp3) is 0.794. The maximum atomic E-state index is 12.1. The Kier molecular flexibility index (Phi) is 83.2. The van der Waals surface area contributed by atoms with Crippen molar-refractivity contribution in [3.05, 3.63) is 77.9 Å². The first kappa shape index (κ1) is 162. The van der Waals surface area contributed by atoms with Crippen LogP contribution >= 0.6 is 24.0 Å².